The summed E-state index contributed by atoms with van der Waals surface area (Å²) in [5.74, 6) is 1.72. The van der Waals surface area contributed by atoms with Crippen molar-refractivity contribution in [1.29, 1.82) is 0 Å². The number of hydrogen-bond donors (Lipinski definition) is 2. The molecule has 2 saturated heterocycles. The highest BCUT2D eigenvalue weighted by Gasteiger charge is 2.20. The molecule has 1 atom stereocenters. The molecule has 3 heterocycles. The van der Waals surface area contributed by atoms with E-state index in [1.807, 2.05) is 18.4 Å². The predicted octanol–water partition coefficient (Wildman–Crippen LogP) is 4.01. The minimum atomic E-state index is 0. The summed E-state index contributed by atoms with van der Waals surface area (Å²) >= 11 is 1.87. The van der Waals surface area contributed by atoms with E-state index < -0.39 is 0 Å². The third kappa shape index (κ3) is 8.71. The van der Waals surface area contributed by atoms with Crippen LogP contribution in [0.15, 0.2) is 22.5 Å². The molecule has 2 aliphatic heterocycles. The zero-order chi connectivity index (χ0) is 19.6. The Balaban J connectivity index is 0.00000300. The summed E-state index contributed by atoms with van der Waals surface area (Å²) in [7, 11) is 1.88. The summed E-state index contributed by atoms with van der Waals surface area (Å²) in [6.45, 7) is 10.4. The number of nitrogens with zero attached hydrogens (tertiary/aromatic N) is 3. The van der Waals surface area contributed by atoms with E-state index in [-0.39, 0.29) is 24.0 Å². The van der Waals surface area contributed by atoms with Crippen LogP contribution in [0, 0.1) is 5.92 Å². The summed E-state index contributed by atoms with van der Waals surface area (Å²) in [6.07, 6.45) is 7.88. The zero-order valence-corrected chi connectivity index (χ0v) is 21.4. The molecular weight excluding hydrogens is 493 g/mol. The van der Waals surface area contributed by atoms with E-state index in [1.54, 1.807) is 0 Å². The first-order valence-electron chi connectivity index (χ1n) is 11.2. The van der Waals surface area contributed by atoms with Crippen molar-refractivity contribution in [2.24, 2.45) is 10.9 Å². The Hall–Kier alpha value is -0.380. The SMILES string of the molecule is CN=C(NCCCN1CCCCC1C)NCC1CCN(Cc2cccs2)CC1.I. The number of likely N-dealkylation sites (tertiary alicyclic amines) is 2. The van der Waals surface area contributed by atoms with Crippen LogP contribution in [0.5, 0.6) is 0 Å². The third-order valence-corrected chi connectivity index (χ3v) is 7.16. The molecule has 166 valence electrons. The van der Waals surface area contributed by atoms with E-state index in [9.17, 15) is 0 Å². The molecule has 3 rings (SSSR count). The topological polar surface area (TPSA) is 42.9 Å². The van der Waals surface area contributed by atoms with Crippen molar-refractivity contribution in [3.63, 3.8) is 0 Å². The van der Waals surface area contributed by atoms with Gasteiger partial charge in [-0.1, -0.05) is 12.5 Å². The molecule has 1 aromatic rings. The Kier molecular flexibility index (Phi) is 11.9. The number of guanidine groups is 1. The van der Waals surface area contributed by atoms with Crippen molar-refractivity contribution in [2.45, 2.75) is 58.0 Å². The molecule has 7 heteroatoms. The number of piperidine rings is 2. The second-order valence-electron chi connectivity index (χ2n) is 8.41. The van der Waals surface area contributed by atoms with E-state index in [0.717, 1.165) is 37.6 Å². The Labute approximate surface area is 198 Å². The molecule has 0 amide bonds. The van der Waals surface area contributed by atoms with Crippen molar-refractivity contribution in [2.75, 3.05) is 46.3 Å². The van der Waals surface area contributed by atoms with Gasteiger partial charge in [0.05, 0.1) is 0 Å². The number of rotatable bonds is 8. The first kappa shape index (κ1) is 24.9. The average molecular weight is 534 g/mol. The van der Waals surface area contributed by atoms with E-state index in [0.29, 0.717) is 0 Å². The molecule has 1 aromatic heterocycles. The molecule has 2 N–H and O–H groups in total. The van der Waals surface area contributed by atoms with Crippen molar-refractivity contribution in [3.8, 4) is 0 Å². The Morgan fingerprint density at radius 2 is 2.00 bits per heavy atom. The lowest BCUT2D eigenvalue weighted by atomic mass is 9.97. The van der Waals surface area contributed by atoms with Crippen LogP contribution in [0.2, 0.25) is 0 Å². The fraction of sp³-hybridized carbons (Fsp3) is 0.773. The van der Waals surface area contributed by atoms with Crippen LogP contribution in [-0.4, -0.2) is 68.1 Å². The molecule has 0 aromatic carbocycles. The van der Waals surface area contributed by atoms with Gasteiger partial charge in [-0.3, -0.25) is 9.89 Å². The standard InChI is InChI=1S/C22H39N5S.HI/c1-19-7-3-4-12-27(19)13-6-11-24-22(23-2)25-17-20-9-14-26(15-10-20)18-21-8-5-16-28-21;/h5,8,16,19-20H,3-4,6-7,9-15,17-18H2,1-2H3,(H2,23,24,25);1H. The normalized spacial score (nSPS) is 22.3. The fourth-order valence-electron chi connectivity index (χ4n) is 4.41. The number of thiophene rings is 1. The molecule has 2 aliphatic rings. The van der Waals surface area contributed by atoms with Crippen molar-refractivity contribution >= 4 is 41.3 Å². The van der Waals surface area contributed by atoms with Gasteiger partial charge in [0.15, 0.2) is 5.96 Å². The molecule has 0 spiro atoms. The predicted molar refractivity (Wildman–Crippen MR) is 137 cm³/mol. The van der Waals surface area contributed by atoms with Gasteiger partial charge in [0, 0.05) is 44.1 Å². The summed E-state index contributed by atoms with van der Waals surface area (Å²) in [5.41, 5.74) is 0. The van der Waals surface area contributed by atoms with Gasteiger partial charge in [0.25, 0.3) is 0 Å². The Morgan fingerprint density at radius 1 is 1.17 bits per heavy atom. The summed E-state index contributed by atoms with van der Waals surface area (Å²) in [4.78, 5) is 11.1. The van der Waals surface area contributed by atoms with Gasteiger partial charge in [-0.25, -0.2) is 0 Å². The summed E-state index contributed by atoms with van der Waals surface area (Å²) in [5, 5.41) is 9.24. The summed E-state index contributed by atoms with van der Waals surface area (Å²) < 4.78 is 0. The van der Waals surface area contributed by atoms with Gasteiger partial charge in [0.1, 0.15) is 0 Å². The van der Waals surface area contributed by atoms with E-state index in [4.69, 9.17) is 0 Å². The maximum Gasteiger partial charge on any atom is 0.190 e. The zero-order valence-electron chi connectivity index (χ0n) is 18.2. The lowest BCUT2D eigenvalue weighted by Crippen LogP contribution is -2.44. The van der Waals surface area contributed by atoms with Gasteiger partial charge in [-0.15, -0.1) is 35.3 Å². The minimum absolute atomic E-state index is 0. The van der Waals surface area contributed by atoms with Crippen LogP contribution < -0.4 is 10.6 Å². The van der Waals surface area contributed by atoms with E-state index >= 15 is 0 Å². The van der Waals surface area contributed by atoms with Crippen LogP contribution in [0.25, 0.3) is 0 Å². The maximum absolute atomic E-state index is 4.41. The van der Waals surface area contributed by atoms with Crippen LogP contribution >= 0.6 is 35.3 Å². The number of nitrogens with one attached hydrogen (secondary N) is 2. The van der Waals surface area contributed by atoms with Crippen molar-refractivity contribution in [1.82, 2.24) is 20.4 Å². The lowest BCUT2D eigenvalue weighted by Gasteiger charge is -2.33. The Morgan fingerprint density at radius 3 is 2.69 bits per heavy atom. The second-order valence-corrected chi connectivity index (χ2v) is 9.45. The molecule has 2 fully saturated rings. The van der Waals surface area contributed by atoms with Crippen LogP contribution in [0.3, 0.4) is 0 Å². The monoisotopic (exact) mass is 533 g/mol. The molecule has 29 heavy (non-hydrogen) atoms. The van der Waals surface area contributed by atoms with Crippen LogP contribution in [-0.2, 0) is 6.54 Å². The van der Waals surface area contributed by atoms with Gasteiger partial charge in [-0.05, 0) is 76.0 Å². The molecule has 0 aliphatic carbocycles. The lowest BCUT2D eigenvalue weighted by molar-refractivity contribution is 0.159. The van der Waals surface area contributed by atoms with Gasteiger partial charge < -0.3 is 15.5 Å². The van der Waals surface area contributed by atoms with Gasteiger partial charge >= 0.3 is 0 Å². The minimum Gasteiger partial charge on any atom is -0.356 e. The third-order valence-electron chi connectivity index (χ3n) is 6.30. The molecule has 0 bridgehead atoms. The number of hydrogen-bond acceptors (Lipinski definition) is 4. The van der Waals surface area contributed by atoms with E-state index in [2.05, 4.69) is 49.9 Å². The summed E-state index contributed by atoms with van der Waals surface area (Å²) in [6, 6.07) is 5.17. The first-order valence-corrected chi connectivity index (χ1v) is 12.1. The van der Waals surface area contributed by atoms with Gasteiger partial charge in [-0.2, -0.15) is 0 Å². The van der Waals surface area contributed by atoms with E-state index in [1.165, 1.54) is 69.6 Å². The maximum atomic E-state index is 4.41. The highest BCUT2D eigenvalue weighted by Crippen LogP contribution is 2.20. The largest absolute Gasteiger partial charge is 0.356 e. The number of aliphatic imine (C=N–C) groups is 1. The van der Waals surface area contributed by atoms with Crippen molar-refractivity contribution in [3.05, 3.63) is 22.4 Å². The Bertz CT molecular complexity index is 572. The smallest absolute Gasteiger partial charge is 0.190 e. The first-order chi connectivity index (χ1) is 13.7. The highest BCUT2D eigenvalue weighted by atomic mass is 127. The molecule has 0 saturated carbocycles. The fourth-order valence-corrected chi connectivity index (χ4v) is 5.16. The number of halogens is 1. The van der Waals surface area contributed by atoms with Crippen molar-refractivity contribution < 1.29 is 0 Å². The quantitative estimate of drug-likeness (QED) is 0.230. The average Bonchev–Trinajstić information content (AvgIpc) is 3.23. The molecule has 1 unspecified atom stereocenters. The highest BCUT2D eigenvalue weighted by molar-refractivity contribution is 14.0. The molecule has 0 radical (unpaired) electrons. The van der Waals surface area contributed by atoms with Gasteiger partial charge in [0.2, 0.25) is 0 Å². The molecular formula is C22H40IN5S. The molecule has 5 nitrogen and oxygen atoms in total. The van der Waals surface area contributed by atoms with Crippen LogP contribution in [0.1, 0.15) is 50.3 Å². The second kappa shape index (κ2) is 13.8. The van der Waals surface area contributed by atoms with Crippen LogP contribution in [0.4, 0.5) is 0 Å².